The number of carbonyl (C=O) groups excluding carboxylic acids is 1. The molecule has 0 aliphatic heterocycles. The van der Waals surface area contributed by atoms with Crippen molar-refractivity contribution in [2.75, 3.05) is 25.2 Å². The molecular formula is C13H18ClNO3S. The fourth-order valence-electron chi connectivity index (χ4n) is 1.36. The molecule has 0 bridgehead atoms. The minimum Gasteiger partial charge on any atom is -0.493 e. The van der Waals surface area contributed by atoms with Gasteiger partial charge in [0.1, 0.15) is 11.8 Å². The van der Waals surface area contributed by atoms with Gasteiger partial charge in [-0.1, -0.05) is 17.7 Å². The van der Waals surface area contributed by atoms with E-state index in [4.69, 9.17) is 22.1 Å². The number of hydrogen-bond donors (Lipinski definition) is 1. The van der Waals surface area contributed by atoms with Gasteiger partial charge >= 0.3 is 5.97 Å². The summed E-state index contributed by atoms with van der Waals surface area (Å²) in [4.78, 5) is 11.1. The van der Waals surface area contributed by atoms with Crippen molar-refractivity contribution in [3.63, 3.8) is 0 Å². The molecule has 1 rings (SSSR count). The van der Waals surface area contributed by atoms with Crippen molar-refractivity contribution < 1.29 is 14.3 Å². The predicted octanol–water partition coefficient (Wildman–Crippen LogP) is 2.34. The Balaban J connectivity index is 2.07. The second-order valence-electron chi connectivity index (χ2n) is 3.84. The zero-order chi connectivity index (χ0) is 14.1. The van der Waals surface area contributed by atoms with E-state index >= 15 is 0 Å². The van der Waals surface area contributed by atoms with Gasteiger partial charge in [0.15, 0.2) is 0 Å². The zero-order valence-electron chi connectivity index (χ0n) is 10.8. The monoisotopic (exact) mass is 303 g/mol. The summed E-state index contributed by atoms with van der Waals surface area (Å²) < 4.78 is 10.1. The number of halogens is 1. The summed E-state index contributed by atoms with van der Waals surface area (Å²) in [7, 11) is 1.34. The van der Waals surface area contributed by atoms with Crippen LogP contribution >= 0.6 is 23.4 Å². The summed E-state index contributed by atoms with van der Waals surface area (Å²) in [5.41, 5.74) is 5.62. The van der Waals surface area contributed by atoms with E-state index in [0.29, 0.717) is 18.1 Å². The fourth-order valence-corrected chi connectivity index (χ4v) is 2.36. The highest BCUT2D eigenvalue weighted by Gasteiger charge is 2.12. The quantitative estimate of drug-likeness (QED) is 0.590. The molecule has 19 heavy (non-hydrogen) atoms. The van der Waals surface area contributed by atoms with Crippen LogP contribution in [0.1, 0.15) is 6.42 Å². The Morgan fingerprint density at radius 3 is 2.95 bits per heavy atom. The molecule has 0 radical (unpaired) electrons. The van der Waals surface area contributed by atoms with E-state index < -0.39 is 6.04 Å². The van der Waals surface area contributed by atoms with Gasteiger partial charge in [0.05, 0.1) is 13.7 Å². The molecule has 2 N–H and O–H groups in total. The van der Waals surface area contributed by atoms with Gasteiger partial charge in [-0.25, -0.2) is 0 Å². The number of rotatable bonds is 8. The lowest BCUT2D eigenvalue weighted by molar-refractivity contribution is -0.142. The third-order valence-electron chi connectivity index (χ3n) is 2.37. The highest BCUT2D eigenvalue weighted by atomic mass is 35.5. The Hall–Kier alpha value is -0.910. The van der Waals surface area contributed by atoms with Gasteiger partial charge in [0.2, 0.25) is 0 Å². The third-order valence-corrected chi connectivity index (χ3v) is 3.58. The summed E-state index contributed by atoms with van der Waals surface area (Å²) in [6, 6.07) is 6.76. The maximum Gasteiger partial charge on any atom is 0.322 e. The number of esters is 1. The average Bonchev–Trinajstić information content (AvgIpc) is 2.41. The number of hydrogen-bond acceptors (Lipinski definition) is 5. The average molecular weight is 304 g/mol. The lowest BCUT2D eigenvalue weighted by Crippen LogP contribution is -2.32. The number of methoxy groups -OCH3 is 1. The molecule has 0 heterocycles. The number of nitrogens with two attached hydrogens (primary N) is 1. The van der Waals surface area contributed by atoms with Gasteiger partial charge in [-0.3, -0.25) is 4.79 Å². The van der Waals surface area contributed by atoms with Crippen LogP contribution in [-0.4, -0.2) is 37.2 Å². The van der Waals surface area contributed by atoms with Crippen LogP contribution in [0.3, 0.4) is 0 Å². The molecule has 106 valence electrons. The second-order valence-corrected chi connectivity index (χ2v) is 5.50. The van der Waals surface area contributed by atoms with E-state index in [0.717, 1.165) is 17.3 Å². The van der Waals surface area contributed by atoms with Crippen LogP contribution in [0, 0.1) is 0 Å². The van der Waals surface area contributed by atoms with Gasteiger partial charge in [-0.2, -0.15) is 11.8 Å². The van der Waals surface area contributed by atoms with Crippen LogP contribution in [0.15, 0.2) is 24.3 Å². The number of thioether (sulfide) groups is 1. The van der Waals surface area contributed by atoms with E-state index in [1.165, 1.54) is 7.11 Å². The molecule has 0 saturated heterocycles. The molecule has 0 saturated carbocycles. The standard InChI is InChI=1S/C13H18ClNO3S/c1-17-13(16)12(15)5-7-19-8-6-18-11-4-2-3-10(14)9-11/h2-4,9,12H,5-8,15H2,1H3. The molecule has 1 aromatic rings. The van der Waals surface area contributed by atoms with Crippen molar-refractivity contribution >= 4 is 29.3 Å². The maximum atomic E-state index is 11.1. The Kier molecular flexibility index (Phi) is 7.70. The Morgan fingerprint density at radius 2 is 2.26 bits per heavy atom. The maximum absolute atomic E-state index is 11.1. The summed E-state index contributed by atoms with van der Waals surface area (Å²) in [6.45, 7) is 0.596. The summed E-state index contributed by atoms with van der Waals surface area (Å²) in [5, 5.41) is 0.661. The summed E-state index contributed by atoms with van der Waals surface area (Å²) in [6.07, 6.45) is 0.606. The molecule has 4 nitrogen and oxygen atoms in total. The van der Waals surface area contributed by atoms with Crippen molar-refractivity contribution in [2.45, 2.75) is 12.5 Å². The van der Waals surface area contributed by atoms with Crippen molar-refractivity contribution in [3.05, 3.63) is 29.3 Å². The topological polar surface area (TPSA) is 61.5 Å². The largest absolute Gasteiger partial charge is 0.493 e. The van der Waals surface area contributed by atoms with Crippen LogP contribution in [0.4, 0.5) is 0 Å². The van der Waals surface area contributed by atoms with Crippen molar-refractivity contribution in [3.8, 4) is 5.75 Å². The van der Waals surface area contributed by atoms with Gasteiger partial charge in [0, 0.05) is 10.8 Å². The number of benzene rings is 1. The highest BCUT2D eigenvalue weighted by molar-refractivity contribution is 7.99. The molecule has 6 heteroatoms. The normalized spacial score (nSPS) is 11.9. The van der Waals surface area contributed by atoms with Gasteiger partial charge in [0.25, 0.3) is 0 Å². The Bertz CT molecular complexity index is 403. The van der Waals surface area contributed by atoms with Crippen LogP contribution in [0.5, 0.6) is 5.75 Å². The van der Waals surface area contributed by atoms with Gasteiger partial charge in [-0.15, -0.1) is 0 Å². The molecule has 1 aromatic carbocycles. The first-order valence-corrected chi connectivity index (χ1v) is 7.46. The lowest BCUT2D eigenvalue weighted by Gasteiger charge is -2.09. The molecule has 0 fully saturated rings. The molecular weight excluding hydrogens is 286 g/mol. The Morgan fingerprint density at radius 1 is 1.47 bits per heavy atom. The zero-order valence-corrected chi connectivity index (χ0v) is 12.4. The lowest BCUT2D eigenvalue weighted by atomic mass is 10.2. The van der Waals surface area contributed by atoms with Gasteiger partial charge < -0.3 is 15.2 Å². The Labute approximate surface area is 122 Å². The van der Waals surface area contributed by atoms with E-state index in [2.05, 4.69) is 4.74 Å². The molecule has 0 amide bonds. The molecule has 1 atom stereocenters. The molecule has 0 aliphatic rings. The molecule has 0 aromatic heterocycles. The van der Waals surface area contributed by atoms with Crippen LogP contribution in [0.2, 0.25) is 5.02 Å². The summed E-state index contributed by atoms with van der Waals surface area (Å²) in [5.74, 6) is 2.03. The van der Waals surface area contributed by atoms with Crippen molar-refractivity contribution in [1.82, 2.24) is 0 Å². The van der Waals surface area contributed by atoms with Crippen molar-refractivity contribution in [2.24, 2.45) is 5.73 Å². The van der Waals surface area contributed by atoms with Crippen LogP contribution < -0.4 is 10.5 Å². The smallest absolute Gasteiger partial charge is 0.322 e. The minimum absolute atomic E-state index is 0.365. The van der Waals surface area contributed by atoms with Crippen LogP contribution in [-0.2, 0) is 9.53 Å². The predicted molar refractivity (Wildman–Crippen MR) is 78.9 cm³/mol. The first-order valence-electron chi connectivity index (χ1n) is 5.93. The highest BCUT2D eigenvalue weighted by Crippen LogP contribution is 2.17. The van der Waals surface area contributed by atoms with Crippen LogP contribution in [0.25, 0.3) is 0 Å². The molecule has 0 aliphatic carbocycles. The number of carbonyl (C=O) groups is 1. The third kappa shape index (κ3) is 6.71. The van der Waals surface area contributed by atoms with Crippen molar-refractivity contribution in [1.29, 1.82) is 0 Å². The van der Waals surface area contributed by atoms with E-state index in [1.54, 1.807) is 23.9 Å². The van der Waals surface area contributed by atoms with E-state index in [9.17, 15) is 4.79 Å². The molecule has 1 unspecified atom stereocenters. The first-order chi connectivity index (χ1) is 9.13. The fraction of sp³-hybridized carbons (Fsp3) is 0.462. The first kappa shape index (κ1) is 16.1. The minimum atomic E-state index is -0.536. The SMILES string of the molecule is COC(=O)C(N)CCSCCOc1cccc(Cl)c1. The van der Waals surface area contributed by atoms with Gasteiger partial charge in [-0.05, 0) is 30.4 Å². The number of ether oxygens (including phenoxy) is 2. The van der Waals surface area contributed by atoms with E-state index in [-0.39, 0.29) is 5.97 Å². The molecule has 0 spiro atoms. The summed E-state index contributed by atoms with van der Waals surface area (Å²) >= 11 is 7.53. The van der Waals surface area contributed by atoms with E-state index in [1.807, 2.05) is 12.1 Å². The second kappa shape index (κ2) is 9.07.